The Labute approximate surface area is 121 Å². The molecule has 0 N–H and O–H groups in total. The fourth-order valence-electron chi connectivity index (χ4n) is 1.95. The third-order valence-corrected chi connectivity index (χ3v) is 3.06. The highest BCUT2D eigenvalue weighted by molar-refractivity contribution is 5.56. The number of rotatable bonds is 4. The van der Waals surface area contributed by atoms with Gasteiger partial charge in [0.1, 0.15) is 5.75 Å². The van der Waals surface area contributed by atoms with Crippen LogP contribution in [0.15, 0.2) is 60.2 Å². The lowest BCUT2D eigenvalue weighted by Gasteiger charge is -2.12. The van der Waals surface area contributed by atoms with Crippen LogP contribution in [0.1, 0.15) is 11.1 Å². The summed E-state index contributed by atoms with van der Waals surface area (Å²) in [7, 11) is 1.52. The van der Waals surface area contributed by atoms with Crippen molar-refractivity contribution in [2.45, 2.75) is 12.6 Å². The van der Waals surface area contributed by atoms with Crippen molar-refractivity contribution in [2.75, 3.05) is 7.11 Å². The first-order valence-corrected chi connectivity index (χ1v) is 6.45. The molecule has 0 saturated heterocycles. The summed E-state index contributed by atoms with van der Waals surface area (Å²) in [5, 5.41) is 0. The van der Waals surface area contributed by atoms with E-state index in [2.05, 4.69) is 0 Å². The van der Waals surface area contributed by atoms with Crippen molar-refractivity contribution in [1.82, 2.24) is 0 Å². The second-order valence-electron chi connectivity index (χ2n) is 4.60. The maximum Gasteiger partial charge on any atom is 0.413 e. The maximum absolute atomic E-state index is 13.1. The lowest BCUT2D eigenvalue weighted by atomic mass is 10.0. The smallest absolute Gasteiger partial charge is 0.413 e. The monoisotopic (exact) mass is 292 g/mol. The highest BCUT2D eigenvalue weighted by atomic mass is 19.4. The highest BCUT2D eigenvalue weighted by Crippen LogP contribution is 2.30. The van der Waals surface area contributed by atoms with Gasteiger partial charge >= 0.3 is 6.18 Å². The molecule has 0 aromatic heterocycles. The van der Waals surface area contributed by atoms with Crippen molar-refractivity contribution in [3.63, 3.8) is 0 Å². The number of methoxy groups -OCH3 is 1. The minimum atomic E-state index is -4.35. The maximum atomic E-state index is 13.1. The van der Waals surface area contributed by atoms with Crippen LogP contribution in [0.5, 0.6) is 5.75 Å². The van der Waals surface area contributed by atoms with Crippen LogP contribution in [0, 0.1) is 0 Å². The van der Waals surface area contributed by atoms with E-state index in [-0.39, 0.29) is 6.42 Å². The molecular weight excluding hydrogens is 277 g/mol. The zero-order valence-corrected chi connectivity index (χ0v) is 11.5. The Bertz CT molecular complexity index is 598. The molecule has 2 rings (SSSR count). The molecule has 0 amide bonds. The number of hydrogen-bond acceptors (Lipinski definition) is 1. The van der Waals surface area contributed by atoms with Crippen molar-refractivity contribution in [1.29, 1.82) is 0 Å². The van der Waals surface area contributed by atoms with E-state index in [0.717, 1.165) is 0 Å². The molecule has 0 fully saturated rings. The molecule has 0 atom stereocenters. The SMILES string of the molecule is COc1ccc(/C=C(\Cc2ccccc2)C(F)(F)F)cc1. The van der Waals surface area contributed by atoms with E-state index >= 15 is 0 Å². The summed E-state index contributed by atoms with van der Waals surface area (Å²) in [6.07, 6.45) is -3.32. The molecule has 4 heteroatoms. The molecule has 21 heavy (non-hydrogen) atoms. The van der Waals surface area contributed by atoms with Crippen molar-refractivity contribution in [3.8, 4) is 5.75 Å². The first-order valence-electron chi connectivity index (χ1n) is 6.45. The van der Waals surface area contributed by atoms with Gasteiger partial charge in [-0.25, -0.2) is 0 Å². The molecule has 0 bridgehead atoms. The van der Waals surface area contributed by atoms with E-state index in [1.807, 2.05) is 0 Å². The van der Waals surface area contributed by atoms with Gasteiger partial charge in [-0.3, -0.25) is 0 Å². The van der Waals surface area contributed by atoms with Crippen molar-refractivity contribution in [2.24, 2.45) is 0 Å². The van der Waals surface area contributed by atoms with Crippen LogP contribution in [0.4, 0.5) is 13.2 Å². The summed E-state index contributed by atoms with van der Waals surface area (Å²) < 4.78 is 44.4. The molecule has 0 saturated carbocycles. The summed E-state index contributed by atoms with van der Waals surface area (Å²) in [5.41, 5.74) is 0.563. The summed E-state index contributed by atoms with van der Waals surface area (Å²) in [4.78, 5) is 0. The Kier molecular flexibility index (Phi) is 4.68. The van der Waals surface area contributed by atoms with Gasteiger partial charge in [0, 0.05) is 12.0 Å². The van der Waals surface area contributed by atoms with Gasteiger partial charge in [0.25, 0.3) is 0 Å². The Morgan fingerprint density at radius 2 is 1.62 bits per heavy atom. The molecule has 0 aliphatic carbocycles. The Morgan fingerprint density at radius 1 is 1.00 bits per heavy atom. The minimum absolute atomic E-state index is 0.142. The molecule has 0 aliphatic heterocycles. The van der Waals surface area contributed by atoms with Crippen LogP contribution in [-0.2, 0) is 6.42 Å². The Balaban J connectivity index is 2.29. The van der Waals surface area contributed by atoms with Crippen LogP contribution in [-0.4, -0.2) is 13.3 Å². The number of benzene rings is 2. The van der Waals surface area contributed by atoms with E-state index in [1.165, 1.54) is 13.2 Å². The summed E-state index contributed by atoms with van der Waals surface area (Å²) in [5.74, 6) is 0.615. The number of allylic oxidation sites excluding steroid dienone is 1. The van der Waals surface area contributed by atoms with E-state index in [9.17, 15) is 13.2 Å². The molecule has 0 spiro atoms. The fraction of sp³-hybridized carbons (Fsp3) is 0.176. The molecule has 2 aromatic rings. The topological polar surface area (TPSA) is 9.23 Å². The van der Waals surface area contributed by atoms with Gasteiger partial charge in [-0.1, -0.05) is 42.5 Å². The largest absolute Gasteiger partial charge is 0.497 e. The van der Waals surface area contributed by atoms with Gasteiger partial charge < -0.3 is 4.74 Å². The molecule has 1 nitrogen and oxygen atoms in total. The van der Waals surface area contributed by atoms with Gasteiger partial charge in [-0.05, 0) is 29.3 Å². The summed E-state index contributed by atoms with van der Waals surface area (Å²) >= 11 is 0. The fourth-order valence-corrected chi connectivity index (χ4v) is 1.95. The standard InChI is InChI=1S/C17H15F3O/c1-21-16-9-7-14(8-10-16)12-15(17(18,19)20)11-13-5-3-2-4-6-13/h2-10,12H,11H2,1H3/b15-12+. The van der Waals surface area contributed by atoms with Crippen LogP contribution in [0.2, 0.25) is 0 Å². The molecule has 110 valence electrons. The number of hydrogen-bond donors (Lipinski definition) is 0. The van der Waals surface area contributed by atoms with E-state index < -0.39 is 11.7 Å². The Hall–Kier alpha value is -2.23. The minimum Gasteiger partial charge on any atom is -0.497 e. The van der Waals surface area contributed by atoms with E-state index in [4.69, 9.17) is 4.74 Å². The first-order chi connectivity index (χ1) is 9.99. The van der Waals surface area contributed by atoms with Crippen molar-refractivity contribution < 1.29 is 17.9 Å². The second kappa shape index (κ2) is 6.48. The normalized spacial score (nSPS) is 12.3. The molecule has 0 heterocycles. The quantitative estimate of drug-likeness (QED) is 0.780. The first kappa shape index (κ1) is 15.2. The van der Waals surface area contributed by atoms with Crippen LogP contribution in [0.25, 0.3) is 6.08 Å². The van der Waals surface area contributed by atoms with Crippen molar-refractivity contribution in [3.05, 3.63) is 71.3 Å². The van der Waals surface area contributed by atoms with Crippen LogP contribution >= 0.6 is 0 Å². The van der Waals surface area contributed by atoms with E-state index in [1.54, 1.807) is 54.6 Å². The number of halogens is 3. The van der Waals surface area contributed by atoms with Gasteiger partial charge in [-0.2, -0.15) is 13.2 Å². The second-order valence-corrected chi connectivity index (χ2v) is 4.60. The zero-order chi connectivity index (χ0) is 15.3. The average molecular weight is 292 g/mol. The molecule has 0 radical (unpaired) electrons. The average Bonchev–Trinajstić information content (AvgIpc) is 2.47. The lowest BCUT2D eigenvalue weighted by Crippen LogP contribution is -2.14. The number of ether oxygens (including phenoxy) is 1. The third-order valence-electron chi connectivity index (χ3n) is 3.06. The van der Waals surface area contributed by atoms with Gasteiger partial charge in [0.2, 0.25) is 0 Å². The summed E-state index contributed by atoms with van der Waals surface area (Å²) in [6.45, 7) is 0. The predicted molar refractivity (Wildman–Crippen MR) is 77.2 cm³/mol. The lowest BCUT2D eigenvalue weighted by molar-refractivity contribution is -0.0921. The molecular formula is C17H15F3O. The molecule has 2 aromatic carbocycles. The van der Waals surface area contributed by atoms with Crippen LogP contribution in [0.3, 0.4) is 0 Å². The Morgan fingerprint density at radius 3 is 2.14 bits per heavy atom. The predicted octanol–water partition coefficient (Wildman–Crippen LogP) is 4.88. The molecule has 0 aliphatic rings. The van der Waals surface area contributed by atoms with Crippen LogP contribution < -0.4 is 4.74 Å². The highest BCUT2D eigenvalue weighted by Gasteiger charge is 2.33. The third kappa shape index (κ3) is 4.38. The number of alkyl halides is 3. The molecule has 0 unspecified atom stereocenters. The zero-order valence-electron chi connectivity index (χ0n) is 11.5. The van der Waals surface area contributed by atoms with Gasteiger partial charge in [-0.15, -0.1) is 0 Å². The van der Waals surface area contributed by atoms with Gasteiger partial charge in [0.05, 0.1) is 7.11 Å². The van der Waals surface area contributed by atoms with Crippen molar-refractivity contribution >= 4 is 6.08 Å². The van der Waals surface area contributed by atoms with Gasteiger partial charge in [0.15, 0.2) is 0 Å². The summed E-state index contributed by atoms with van der Waals surface area (Å²) in [6, 6.07) is 15.1. The van der Waals surface area contributed by atoms with E-state index in [0.29, 0.717) is 16.9 Å².